The zero-order valence-corrected chi connectivity index (χ0v) is 15.1. The van der Waals surface area contributed by atoms with E-state index in [9.17, 15) is 14.4 Å². The molecule has 2 aromatic carbocycles. The minimum atomic E-state index is -0.196. The molecule has 0 aliphatic carbocycles. The lowest BCUT2D eigenvalue weighted by molar-refractivity contribution is -0.128. The second-order valence-electron chi connectivity index (χ2n) is 6.50. The van der Waals surface area contributed by atoms with Gasteiger partial charge in [-0.15, -0.1) is 0 Å². The lowest BCUT2D eigenvalue weighted by Crippen LogP contribution is -2.34. The molecule has 6 heteroatoms. The number of nitrogens with zero attached hydrogens (tertiary/aromatic N) is 1. The Kier molecular flexibility index (Phi) is 6.20. The number of amides is 3. The Bertz CT molecular complexity index is 820. The summed E-state index contributed by atoms with van der Waals surface area (Å²) >= 11 is 0. The van der Waals surface area contributed by atoms with Gasteiger partial charge >= 0.3 is 0 Å². The highest BCUT2D eigenvalue weighted by atomic mass is 16.2. The molecule has 0 saturated carbocycles. The van der Waals surface area contributed by atoms with Gasteiger partial charge in [0.25, 0.3) is 11.8 Å². The van der Waals surface area contributed by atoms with Crippen LogP contribution in [0.5, 0.6) is 0 Å². The molecule has 0 bridgehead atoms. The summed E-state index contributed by atoms with van der Waals surface area (Å²) in [7, 11) is 0. The molecule has 1 fully saturated rings. The molecule has 1 saturated heterocycles. The Balaban J connectivity index is 1.46. The van der Waals surface area contributed by atoms with Crippen molar-refractivity contribution in [1.29, 1.82) is 0 Å². The SMILES string of the molecule is O=C(NCCNC(=O)c1cccc(CN2CCCC2=O)c1)c1ccccc1. The lowest BCUT2D eigenvalue weighted by atomic mass is 10.1. The molecule has 0 atom stereocenters. The van der Waals surface area contributed by atoms with E-state index in [2.05, 4.69) is 10.6 Å². The molecule has 27 heavy (non-hydrogen) atoms. The van der Waals surface area contributed by atoms with Crippen LogP contribution < -0.4 is 10.6 Å². The summed E-state index contributed by atoms with van der Waals surface area (Å²) in [5, 5.41) is 5.57. The van der Waals surface area contributed by atoms with Crippen LogP contribution in [0.1, 0.15) is 39.1 Å². The maximum atomic E-state index is 12.3. The van der Waals surface area contributed by atoms with Crippen molar-refractivity contribution < 1.29 is 14.4 Å². The normalized spacial score (nSPS) is 13.5. The summed E-state index contributed by atoms with van der Waals surface area (Å²) in [6, 6.07) is 16.2. The predicted octanol–water partition coefficient (Wildman–Crippen LogP) is 1.97. The van der Waals surface area contributed by atoms with E-state index in [0.717, 1.165) is 18.5 Å². The third kappa shape index (κ3) is 5.17. The minimum Gasteiger partial charge on any atom is -0.350 e. The predicted molar refractivity (Wildman–Crippen MR) is 102 cm³/mol. The smallest absolute Gasteiger partial charge is 0.251 e. The van der Waals surface area contributed by atoms with E-state index in [4.69, 9.17) is 0 Å². The van der Waals surface area contributed by atoms with Crippen LogP contribution in [0.2, 0.25) is 0 Å². The topological polar surface area (TPSA) is 78.5 Å². The first-order valence-corrected chi connectivity index (χ1v) is 9.11. The van der Waals surface area contributed by atoms with Gasteiger partial charge in [-0.05, 0) is 36.2 Å². The van der Waals surface area contributed by atoms with Crippen LogP contribution in [0.4, 0.5) is 0 Å². The first-order valence-electron chi connectivity index (χ1n) is 9.11. The van der Waals surface area contributed by atoms with Crippen molar-refractivity contribution in [2.24, 2.45) is 0 Å². The fraction of sp³-hybridized carbons (Fsp3) is 0.286. The van der Waals surface area contributed by atoms with Gasteiger partial charge in [0.05, 0.1) is 0 Å². The van der Waals surface area contributed by atoms with Gasteiger partial charge in [0.1, 0.15) is 0 Å². The van der Waals surface area contributed by atoms with E-state index >= 15 is 0 Å². The highest BCUT2D eigenvalue weighted by molar-refractivity contribution is 5.95. The van der Waals surface area contributed by atoms with Gasteiger partial charge < -0.3 is 15.5 Å². The van der Waals surface area contributed by atoms with Crippen LogP contribution in [-0.2, 0) is 11.3 Å². The Morgan fingerprint density at radius 3 is 2.22 bits per heavy atom. The molecule has 1 aliphatic rings. The number of rotatable bonds is 7. The number of likely N-dealkylation sites (tertiary alicyclic amines) is 1. The van der Waals surface area contributed by atoms with E-state index in [-0.39, 0.29) is 17.7 Å². The van der Waals surface area contributed by atoms with Gasteiger partial charge in [-0.25, -0.2) is 0 Å². The van der Waals surface area contributed by atoms with Crippen molar-refractivity contribution in [3.05, 3.63) is 71.3 Å². The van der Waals surface area contributed by atoms with Crippen molar-refractivity contribution in [1.82, 2.24) is 15.5 Å². The molecule has 0 unspecified atom stereocenters. The molecule has 140 valence electrons. The Morgan fingerprint density at radius 2 is 1.56 bits per heavy atom. The van der Waals surface area contributed by atoms with Crippen molar-refractivity contribution in [3.8, 4) is 0 Å². The van der Waals surface area contributed by atoms with E-state index in [1.54, 1.807) is 30.3 Å². The van der Waals surface area contributed by atoms with Gasteiger partial charge in [-0.1, -0.05) is 30.3 Å². The molecule has 2 aromatic rings. The average Bonchev–Trinajstić information content (AvgIpc) is 3.10. The second-order valence-corrected chi connectivity index (χ2v) is 6.50. The van der Waals surface area contributed by atoms with Crippen LogP contribution in [0.3, 0.4) is 0 Å². The molecule has 1 aliphatic heterocycles. The molecule has 0 radical (unpaired) electrons. The van der Waals surface area contributed by atoms with Crippen LogP contribution in [0.25, 0.3) is 0 Å². The number of carbonyl (C=O) groups excluding carboxylic acids is 3. The molecule has 0 aromatic heterocycles. The van der Waals surface area contributed by atoms with Gasteiger partial charge in [-0.3, -0.25) is 14.4 Å². The van der Waals surface area contributed by atoms with Crippen molar-refractivity contribution in [3.63, 3.8) is 0 Å². The zero-order chi connectivity index (χ0) is 19.1. The highest BCUT2D eigenvalue weighted by Crippen LogP contribution is 2.15. The quantitative estimate of drug-likeness (QED) is 0.737. The largest absolute Gasteiger partial charge is 0.350 e. The average molecular weight is 365 g/mol. The van der Waals surface area contributed by atoms with Crippen LogP contribution >= 0.6 is 0 Å². The van der Waals surface area contributed by atoms with Crippen LogP contribution in [-0.4, -0.2) is 42.3 Å². The summed E-state index contributed by atoms with van der Waals surface area (Å²) in [5.41, 5.74) is 2.08. The maximum absolute atomic E-state index is 12.3. The first kappa shape index (κ1) is 18.6. The van der Waals surface area contributed by atoms with Gasteiger partial charge in [-0.2, -0.15) is 0 Å². The van der Waals surface area contributed by atoms with Gasteiger partial charge in [0.15, 0.2) is 0 Å². The fourth-order valence-corrected chi connectivity index (χ4v) is 3.05. The van der Waals surface area contributed by atoms with Crippen molar-refractivity contribution in [2.75, 3.05) is 19.6 Å². The molecule has 3 rings (SSSR count). The van der Waals surface area contributed by atoms with E-state index in [1.165, 1.54) is 0 Å². The summed E-state index contributed by atoms with van der Waals surface area (Å²) < 4.78 is 0. The van der Waals surface area contributed by atoms with Gasteiger partial charge in [0.2, 0.25) is 5.91 Å². The van der Waals surface area contributed by atoms with Gasteiger partial charge in [0, 0.05) is 43.7 Å². The monoisotopic (exact) mass is 365 g/mol. The van der Waals surface area contributed by atoms with E-state index in [1.807, 2.05) is 29.2 Å². The lowest BCUT2D eigenvalue weighted by Gasteiger charge is -2.16. The molecule has 0 spiro atoms. The molecular weight excluding hydrogens is 342 g/mol. The van der Waals surface area contributed by atoms with E-state index in [0.29, 0.717) is 37.2 Å². The number of benzene rings is 2. The molecule has 2 N–H and O–H groups in total. The molecular formula is C21H23N3O3. The summed E-state index contributed by atoms with van der Waals surface area (Å²) in [6.45, 7) is 2.00. The molecule has 3 amide bonds. The highest BCUT2D eigenvalue weighted by Gasteiger charge is 2.20. The molecule has 6 nitrogen and oxygen atoms in total. The fourth-order valence-electron chi connectivity index (χ4n) is 3.05. The number of hydrogen-bond donors (Lipinski definition) is 2. The first-order chi connectivity index (χ1) is 13.1. The molecule has 1 heterocycles. The summed E-state index contributed by atoms with van der Waals surface area (Å²) in [6.07, 6.45) is 1.50. The Morgan fingerprint density at radius 1 is 0.889 bits per heavy atom. The maximum Gasteiger partial charge on any atom is 0.251 e. The zero-order valence-electron chi connectivity index (χ0n) is 15.1. The summed E-state index contributed by atoms with van der Waals surface area (Å²) in [5.74, 6) is -0.195. The van der Waals surface area contributed by atoms with Crippen molar-refractivity contribution in [2.45, 2.75) is 19.4 Å². The number of hydrogen-bond acceptors (Lipinski definition) is 3. The van der Waals surface area contributed by atoms with Crippen LogP contribution in [0.15, 0.2) is 54.6 Å². The third-order valence-corrected chi connectivity index (χ3v) is 4.47. The van der Waals surface area contributed by atoms with Crippen molar-refractivity contribution >= 4 is 17.7 Å². The Labute approximate surface area is 158 Å². The Hall–Kier alpha value is -3.15. The van der Waals surface area contributed by atoms with Crippen LogP contribution in [0, 0.1) is 0 Å². The minimum absolute atomic E-state index is 0.165. The standard InChI is InChI=1S/C21H23N3O3/c25-19-10-5-13-24(19)15-16-6-4-9-18(14-16)21(27)23-12-11-22-20(26)17-7-2-1-3-8-17/h1-4,6-9,14H,5,10-13,15H2,(H,22,26)(H,23,27). The summed E-state index contributed by atoms with van der Waals surface area (Å²) in [4.78, 5) is 37.8. The van der Waals surface area contributed by atoms with E-state index < -0.39 is 0 Å². The third-order valence-electron chi connectivity index (χ3n) is 4.47. The second kappa shape index (κ2) is 8.98. The number of nitrogens with one attached hydrogen (secondary N) is 2. The number of carbonyl (C=O) groups is 3.